The number of likely N-dealkylation sites (tertiary alicyclic amines) is 1. The van der Waals surface area contributed by atoms with Crippen LogP contribution in [0.3, 0.4) is 0 Å². The SMILES string of the molecule is O=C(c1ccc(F)c(C(F)(F)F)c1)N1CCC(c2nnc3n2CCNC3)CC1. The Kier molecular flexibility index (Phi) is 4.82. The molecule has 0 spiro atoms. The molecule has 6 nitrogen and oxygen atoms in total. The van der Waals surface area contributed by atoms with Gasteiger partial charge in [-0.1, -0.05) is 0 Å². The van der Waals surface area contributed by atoms with Crippen LogP contribution < -0.4 is 5.32 Å². The molecular formula is C18H19F4N5O. The zero-order valence-electron chi connectivity index (χ0n) is 15.0. The zero-order valence-corrected chi connectivity index (χ0v) is 15.0. The number of nitrogens with one attached hydrogen (secondary N) is 1. The van der Waals surface area contributed by atoms with Crippen LogP contribution in [0.25, 0.3) is 0 Å². The van der Waals surface area contributed by atoms with Crippen molar-refractivity contribution in [2.45, 2.75) is 38.0 Å². The molecule has 0 saturated carbocycles. The van der Waals surface area contributed by atoms with E-state index in [0.29, 0.717) is 44.6 Å². The van der Waals surface area contributed by atoms with Crippen molar-refractivity contribution in [3.63, 3.8) is 0 Å². The Bertz CT molecular complexity index is 887. The Labute approximate surface area is 158 Å². The Morgan fingerprint density at radius 1 is 1.14 bits per heavy atom. The van der Waals surface area contributed by atoms with E-state index in [1.165, 1.54) is 4.90 Å². The van der Waals surface area contributed by atoms with Crippen LogP contribution in [0, 0.1) is 5.82 Å². The van der Waals surface area contributed by atoms with Crippen molar-refractivity contribution in [1.29, 1.82) is 0 Å². The van der Waals surface area contributed by atoms with Gasteiger partial charge in [0.15, 0.2) is 0 Å². The van der Waals surface area contributed by atoms with Gasteiger partial charge in [0.25, 0.3) is 5.91 Å². The topological polar surface area (TPSA) is 63.1 Å². The summed E-state index contributed by atoms with van der Waals surface area (Å²) in [6.45, 7) is 3.13. The van der Waals surface area contributed by atoms with Crippen LogP contribution in [-0.2, 0) is 19.3 Å². The van der Waals surface area contributed by atoms with Crippen LogP contribution in [0.2, 0.25) is 0 Å². The predicted octanol–water partition coefficient (Wildman–Crippen LogP) is 2.56. The molecule has 28 heavy (non-hydrogen) atoms. The molecule has 0 radical (unpaired) electrons. The summed E-state index contributed by atoms with van der Waals surface area (Å²) in [5.41, 5.74) is -1.57. The highest BCUT2D eigenvalue weighted by atomic mass is 19.4. The summed E-state index contributed by atoms with van der Waals surface area (Å²) in [7, 11) is 0. The number of amides is 1. The van der Waals surface area contributed by atoms with Gasteiger partial charge in [0.1, 0.15) is 17.5 Å². The first-order chi connectivity index (χ1) is 13.3. The molecule has 1 aromatic heterocycles. The van der Waals surface area contributed by atoms with Gasteiger partial charge in [-0.05, 0) is 31.0 Å². The van der Waals surface area contributed by atoms with Gasteiger partial charge in [0, 0.05) is 37.7 Å². The van der Waals surface area contributed by atoms with Crippen LogP contribution >= 0.6 is 0 Å². The summed E-state index contributed by atoms with van der Waals surface area (Å²) in [5.74, 6) is 0.0584. The van der Waals surface area contributed by atoms with E-state index in [0.717, 1.165) is 30.8 Å². The van der Waals surface area contributed by atoms with Gasteiger partial charge in [-0.3, -0.25) is 4.79 Å². The van der Waals surface area contributed by atoms with Crippen molar-refractivity contribution in [3.05, 3.63) is 46.8 Å². The van der Waals surface area contributed by atoms with Gasteiger partial charge in [0.2, 0.25) is 0 Å². The molecule has 2 aliphatic heterocycles. The van der Waals surface area contributed by atoms with Gasteiger partial charge in [-0.2, -0.15) is 13.2 Å². The second kappa shape index (κ2) is 7.16. The van der Waals surface area contributed by atoms with E-state index in [1.54, 1.807) is 0 Å². The van der Waals surface area contributed by atoms with E-state index in [-0.39, 0.29) is 11.5 Å². The Hall–Kier alpha value is -2.49. The van der Waals surface area contributed by atoms with E-state index in [1.807, 2.05) is 0 Å². The lowest BCUT2D eigenvalue weighted by Gasteiger charge is -2.32. The summed E-state index contributed by atoms with van der Waals surface area (Å²) in [5, 5.41) is 11.7. The highest BCUT2D eigenvalue weighted by Gasteiger charge is 2.35. The molecule has 10 heteroatoms. The number of rotatable bonds is 2. The highest BCUT2D eigenvalue weighted by Crippen LogP contribution is 2.33. The molecule has 1 amide bonds. The lowest BCUT2D eigenvalue weighted by Crippen LogP contribution is -2.39. The molecule has 150 valence electrons. The average molecular weight is 397 g/mol. The molecule has 1 N–H and O–H groups in total. The molecule has 1 saturated heterocycles. The normalized spacial score (nSPS) is 18.2. The van der Waals surface area contributed by atoms with Crippen LogP contribution in [0.5, 0.6) is 0 Å². The molecule has 3 heterocycles. The minimum absolute atomic E-state index is 0.155. The van der Waals surface area contributed by atoms with Crippen LogP contribution in [0.1, 0.15) is 46.3 Å². The quantitative estimate of drug-likeness (QED) is 0.792. The third kappa shape index (κ3) is 3.48. The summed E-state index contributed by atoms with van der Waals surface area (Å²) in [4.78, 5) is 14.1. The second-order valence-corrected chi connectivity index (χ2v) is 7.06. The maximum absolute atomic E-state index is 13.5. The van der Waals surface area contributed by atoms with E-state index in [9.17, 15) is 22.4 Å². The smallest absolute Gasteiger partial charge is 0.339 e. The lowest BCUT2D eigenvalue weighted by molar-refractivity contribution is -0.140. The fourth-order valence-electron chi connectivity index (χ4n) is 3.82. The number of piperidine rings is 1. The Balaban J connectivity index is 1.45. The van der Waals surface area contributed by atoms with Crippen molar-refractivity contribution in [2.24, 2.45) is 0 Å². The second-order valence-electron chi connectivity index (χ2n) is 7.06. The zero-order chi connectivity index (χ0) is 19.9. The standard InChI is InChI=1S/C18H19F4N5O/c19-14-2-1-12(9-13(14)18(20,21)22)17(28)26-6-3-11(4-7-26)16-25-24-15-10-23-5-8-27(15)16/h1-2,9,11,23H,3-8,10H2. The van der Waals surface area contributed by atoms with Crippen LogP contribution in [0.4, 0.5) is 17.6 Å². The number of aromatic nitrogens is 3. The van der Waals surface area contributed by atoms with Crippen molar-refractivity contribution in [1.82, 2.24) is 25.0 Å². The maximum Gasteiger partial charge on any atom is 0.419 e. The summed E-state index contributed by atoms with van der Waals surface area (Å²) in [6, 6.07) is 2.38. The summed E-state index contributed by atoms with van der Waals surface area (Å²) < 4.78 is 54.2. The van der Waals surface area contributed by atoms with Crippen molar-refractivity contribution in [3.8, 4) is 0 Å². The lowest BCUT2D eigenvalue weighted by atomic mass is 9.95. The van der Waals surface area contributed by atoms with Gasteiger partial charge in [0.05, 0.1) is 12.1 Å². The molecule has 1 fully saturated rings. The van der Waals surface area contributed by atoms with Gasteiger partial charge in [-0.25, -0.2) is 4.39 Å². The fraction of sp³-hybridized carbons (Fsp3) is 0.500. The molecule has 0 unspecified atom stereocenters. The first-order valence-corrected chi connectivity index (χ1v) is 9.13. The average Bonchev–Trinajstić information content (AvgIpc) is 3.11. The molecule has 0 aliphatic carbocycles. The number of carbonyl (C=O) groups excluding carboxylic acids is 1. The molecule has 1 aromatic carbocycles. The molecule has 2 aliphatic rings. The number of fused-ring (bicyclic) bond motifs is 1. The summed E-state index contributed by atoms with van der Waals surface area (Å²) >= 11 is 0. The molecule has 2 aromatic rings. The number of nitrogens with zero attached hydrogens (tertiary/aromatic N) is 4. The third-order valence-corrected chi connectivity index (χ3v) is 5.32. The van der Waals surface area contributed by atoms with Crippen molar-refractivity contribution >= 4 is 5.91 Å². The van der Waals surface area contributed by atoms with Crippen LogP contribution in [0.15, 0.2) is 18.2 Å². The first kappa shape index (κ1) is 18.9. The Morgan fingerprint density at radius 2 is 1.89 bits per heavy atom. The molecule has 4 rings (SSSR count). The maximum atomic E-state index is 13.5. The third-order valence-electron chi connectivity index (χ3n) is 5.32. The Morgan fingerprint density at radius 3 is 2.61 bits per heavy atom. The van der Waals surface area contributed by atoms with Gasteiger partial charge in [-0.15, -0.1) is 10.2 Å². The number of carbonyl (C=O) groups is 1. The van der Waals surface area contributed by atoms with Crippen molar-refractivity contribution in [2.75, 3.05) is 19.6 Å². The van der Waals surface area contributed by atoms with Gasteiger partial charge < -0.3 is 14.8 Å². The fourth-order valence-corrected chi connectivity index (χ4v) is 3.82. The van der Waals surface area contributed by atoms with E-state index >= 15 is 0 Å². The minimum Gasteiger partial charge on any atom is -0.339 e. The minimum atomic E-state index is -4.84. The van der Waals surface area contributed by atoms with E-state index in [4.69, 9.17) is 0 Å². The van der Waals surface area contributed by atoms with E-state index < -0.39 is 23.5 Å². The van der Waals surface area contributed by atoms with Crippen molar-refractivity contribution < 1.29 is 22.4 Å². The molecule has 0 bridgehead atoms. The molecule has 0 atom stereocenters. The number of halogens is 4. The monoisotopic (exact) mass is 397 g/mol. The molecular weight excluding hydrogens is 378 g/mol. The first-order valence-electron chi connectivity index (χ1n) is 9.13. The van der Waals surface area contributed by atoms with Crippen LogP contribution in [-0.4, -0.2) is 45.2 Å². The number of hydrogen-bond donors (Lipinski definition) is 1. The van der Waals surface area contributed by atoms with E-state index in [2.05, 4.69) is 20.1 Å². The number of alkyl halides is 3. The predicted molar refractivity (Wildman–Crippen MR) is 91.0 cm³/mol. The largest absolute Gasteiger partial charge is 0.419 e. The number of hydrogen-bond acceptors (Lipinski definition) is 4. The summed E-state index contributed by atoms with van der Waals surface area (Å²) in [6.07, 6.45) is -3.52. The number of benzene rings is 1. The van der Waals surface area contributed by atoms with Gasteiger partial charge >= 0.3 is 6.18 Å². The highest BCUT2D eigenvalue weighted by molar-refractivity contribution is 5.94.